The second kappa shape index (κ2) is 4.25. The van der Waals surface area contributed by atoms with Gasteiger partial charge >= 0.3 is 5.97 Å². The van der Waals surface area contributed by atoms with E-state index >= 15 is 0 Å². The van der Waals surface area contributed by atoms with Crippen LogP contribution < -0.4 is 0 Å². The van der Waals surface area contributed by atoms with Crippen LogP contribution in [-0.4, -0.2) is 47.3 Å². The first-order chi connectivity index (χ1) is 7.82. The average molecular weight is 241 g/mol. The molecule has 4 heteroatoms. The maximum atomic E-state index is 10.5. The molecule has 17 heavy (non-hydrogen) atoms. The predicted molar refractivity (Wildman–Crippen MR) is 65.0 cm³/mol. The molecule has 0 aromatic heterocycles. The van der Waals surface area contributed by atoms with Crippen molar-refractivity contribution < 1.29 is 14.6 Å². The monoisotopic (exact) mass is 241 g/mol. The van der Waals surface area contributed by atoms with Gasteiger partial charge in [0.15, 0.2) is 0 Å². The number of likely N-dealkylation sites (tertiary alicyclic amines) is 1. The fourth-order valence-electron chi connectivity index (χ4n) is 3.35. The third-order valence-corrected chi connectivity index (χ3v) is 4.26. The van der Waals surface area contributed by atoms with Crippen LogP contribution in [0.1, 0.15) is 40.0 Å². The SMILES string of the molecule is CC1(OCC(=O)O)CN(C2CCCC2(C)C)C1. The Bertz CT molecular complexity index is 308. The standard InChI is InChI=1S/C13H23NO3/c1-12(2)6-4-5-10(12)14-8-13(3,9-14)17-7-11(15)16/h10H,4-9H2,1-3H3,(H,15,16). The van der Waals surface area contributed by atoms with Crippen LogP contribution in [0, 0.1) is 5.41 Å². The summed E-state index contributed by atoms with van der Waals surface area (Å²) >= 11 is 0. The van der Waals surface area contributed by atoms with Crippen LogP contribution in [-0.2, 0) is 9.53 Å². The van der Waals surface area contributed by atoms with Gasteiger partial charge in [-0.1, -0.05) is 20.3 Å². The molecule has 0 spiro atoms. The van der Waals surface area contributed by atoms with Crippen LogP contribution in [0.25, 0.3) is 0 Å². The molecule has 0 radical (unpaired) electrons. The van der Waals surface area contributed by atoms with E-state index in [1.807, 2.05) is 6.92 Å². The van der Waals surface area contributed by atoms with Crippen molar-refractivity contribution in [2.45, 2.75) is 51.7 Å². The minimum Gasteiger partial charge on any atom is -0.480 e. The van der Waals surface area contributed by atoms with Crippen molar-refractivity contribution in [2.24, 2.45) is 5.41 Å². The minimum atomic E-state index is -0.883. The molecule has 1 heterocycles. The van der Waals surface area contributed by atoms with Gasteiger partial charge in [-0.3, -0.25) is 4.90 Å². The summed E-state index contributed by atoms with van der Waals surface area (Å²) in [6.45, 7) is 8.23. The number of carboxylic acid groups (broad SMARTS) is 1. The van der Waals surface area contributed by atoms with Crippen LogP contribution in [0.3, 0.4) is 0 Å². The highest BCUT2D eigenvalue weighted by Crippen LogP contribution is 2.43. The second-order valence-electron chi connectivity index (χ2n) is 6.43. The number of hydrogen-bond donors (Lipinski definition) is 1. The number of aliphatic carboxylic acids is 1. The molecule has 1 aliphatic carbocycles. The lowest BCUT2D eigenvalue weighted by atomic mass is 9.82. The Balaban J connectivity index is 1.83. The van der Waals surface area contributed by atoms with Crippen molar-refractivity contribution in [1.29, 1.82) is 0 Å². The Morgan fingerprint density at radius 3 is 2.53 bits per heavy atom. The molecule has 1 N–H and O–H groups in total. The molecule has 0 aromatic carbocycles. The normalized spacial score (nSPS) is 31.1. The minimum absolute atomic E-state index is 0.182. The summed E-state index contributed by atoms with van der Waals surface area (Å²) < 4.78 is 5.44. The highest BCUT2D eigenvalue weighted by atomic mass is 16.5. The molecule has 1 saturated heterocycles. The zero-order valence-corrected chi connectivity index (χ0v) is 11.0. The van der Waals surface area contributed by atoms with Crippen LogP contribution in [0.2, 0.25) is 0 Å². The van der Waals surface area contributed by atoms with Crippen molar-refractivity contribution in [1.82, 2.24) is 4.90 Å². The summed E-state index contributed by atoms with van der Waals surface area (Å²) in [6.07, 6.45) is 3.86. The average Bonchev–Trinajstić information content (AvgIpc) is 2.50. The van der Waals surface area contributed by atoms with E-state index in [0.29, 0.717) is 11.5 Å². The zero-order chi connectivity index (χ0) is 12.7. The van der Waals surface area contributed by atoms with Crippen molar-refractivity contribution >= 4 is 5.97 Å². The van der Waals surface area contributed by atoms with E-state index in [4.69, 9.17) is 9.84 Å². The Morgan fingerprint density at radius 1 is 1.41 bits per heavy atom. The molecule has 0 bridgehead atoms. The van der Waals surface area contributed by atoms with Crippen molar-refractivity contribution in [2.75, 3.05) is 19.7 Å². The van der Waals surface area contributed by atoms with Gasteiger partial charge in [-0.05, 0) is 25.2 Å². The predicted octanol–water partition coefficient (Wildman–Crippen LogP) is 1.74. The molecule has 1 saturated carbocycles. The summed E-state index contributed by atoms with van der Waals surface area (Å²) in [5, 5.41) is 8.62. The van der Waals surface area contributed by atoms with Crippen molar-refractivity contribution in [3.05, 3.63) is 0 Å². The lowest BCUT2D eigenvalue weighted by molar-refractivity contribution is -0.173. The van der Waals surface area contributed by atoms with E-state index in [1.165, 1.54) is 19.3 Å². The third-order valence-electron chi connectivity index (χ3n) is 4.26. The molecular weight excluding hydrogens is 218 g/mol. The topological polar surface area (TPSA) is 49.8 Å². The number of nitrogens with zero attached hydrogens (tertiary/aromatic N) is 1. The fraction of sp³-hybridized carbons (Fsp3) is 0.923. The first-order valence-electron chi connectivity index (χ1n) is 6.42. The van der Waals surface area contributed by atoms with Crippen LogP contribution in [0.15, 0.2) is 0 Å². The van der Waals surface area contributed by atoms with Gasteiger partial charge in [-0.25, -0.2) is 4.79 Å². The van der Waals surface area contributed by atoms with E-state index in [0.717, 1.165) is 13.1 Å². The number of carbonyl (C=O) groups is 1. The maximum absolute atomic E-state index is 10.5. The summed E-state index contributed by atoms with van der Waals surface area (Å²) in [5.74, 6) is -0.883. The molecule has 2 rings (SSSR count). The number of hydrogen-bond acceptors (Lipinski definition) is 3. The number of rotatable bonds is 4. The molecule has 98 valence electrons. The molecule has 1 atom stereocenters. The second-order valence-corrected chi connectivity index (χ2v) is 6.43. The van der Waals surface area contributed by atoms with E-state index in [2.05, 4.69) is 18.7 Å². The molecular formula is C13H23NO3. The lowest BCUT2D eigenvalue weighted by Gasteiger charge is -2.53. The maximum Gasteiger partial charge on any atom is 0.329 e. The van der Waals surface area contributed by atoms with E-state index < -0.39 is 5.97 Å². The van der Waals surface area contributed by atoms with Gasteiger partial charge in [0.2, 0.25) is 0 Å². The highest BCUT2D eigenvalue weighted by molar-refractivity contribution is 5.68. The molecule has 2 aliphatic rings. The number of carboxylic acids is 1. The van der Waals surface area contributed by atoms with E-state index in [9.17, 15) is 4.79 Å². The molecule has 1 unspecified atom stereocenters. The third kappa shape index (κ3) is 2.63. The van der Waals surface area contributed by atoms with Gasteiger partial charge in [0, 0.05) is 19.1 Å². The molecule has 2 fully saturated rings. The summed E-state index contributed by atoms with van der Waals surface area (Å²) in [4.78, 5) is 12.9. The first kappa shape index (κ1) is 12.8. The largest absolute Gasteiger partial charge is 0.480 e. The Hall–Kier alpha value is -0.610. The smallest absolute Gasteiger partial charge is 0.329 e. The summed E-state index contributed by atoms with van der Waals surface area (Å²) in [5.41, 5.74) is 0.144. The van der Waals surface area contributed by atoms with Gasteiger partial charge in [0.05, 0.1) is 5.60 Å². The van der Waals surface area contributed by atoms with E-state index in [-0.39, 0.29) is 12.2 Å². The molecule has 1 aliphatic heterocycles. The van der Waals surface area contributed by atoms with Crippen molar-refractivity contribution in [3.8, 4) is 0 Å². The van der Waals surface area contributed by atoms with Gasteiger partial charge in [-0.2, -0.15) is 0 Å². The highest BCUT2D eigenvalue weighted by Gasteiger charge is 2.48. The van der Waals surface area contributed by atoms with Crippen LogP contribution >= 0.6 is 0 Å². The van der Waals surface area contributed by atoms with Gasteiger partial charge in [-0.15, -0.1) is 0 Å². The Morgan fingerprint density at radius 2 is 2.06 bits per heavy atom. The van der Waals surface area contributed by atoms with Crippen LogP contribution in [0.5, 0.6) is 0 Å². The van der Waals surface area contributed by atoms with Crippen LogP contribution in [0.4, 0.5) is 0 Å². The summed E-state index contributed by atoms with van der Waals surface area (Å²) in [6, 6.07) is 0.643. The van der Waals surface area contributed by atoms with E-state index in [1.54, 1.807) is 0 Å². The zero-order valence-electron chi connectivity index (χ0n) is 11.0. The van der Waals surface area contributed by atoms with Gasteiger partial charge in [0.1, 0.15) is 6.61 Å². The summed E-state index contributed by atoms with van der Waals surface area (Å²) in [7, 11) is 0. The fourth-order valence-corrected chi connectivity index (χ4v) is 3.35. The molecule has 0 aromatic rings. The Kier molecular flexibility index (Phi) is 3.21. The molecule has 4 nitrogen and oxygen atoms in total. The van der Waals surface area contributed by atoms with Crippen molar-refractivity contribution in [3.63, 3.8) is 0 Å². The number of ether oxygens (including phenoxy) is 1. The van der Waals surface area contributed by atoms with Gasteiger partial charge < -0.3 is 9.84 Å². The quantitative estimate of drug-likeness (QED) is 0.814. The Labute approximate surface area is 103 Å². The lowest BCUT2D eigenvalue weighted by Crippen LogP contribution is -2.66. The first-order valence-corrected chi connectivity index (χ1v) is 6.42. The molecule has 0 amide bonds. The van der Waals surface area contributed by atoms with Gasteiger partial charge in [0.25, 0.3) is 0 Å².